The van der Waals surface area contributed by atoms with Gasteiger partial charge in [0, 0.05) is 17.6 Å². The first-order valence-electron chi connectivity index (χ1n) is 10.3. The highest BCUT2D eigenvalue weighted by Crippen LogP contribution is 2.43. The molecule has 180 valence electrons. The molecule has 2 aromatic carbocycles. The van der Waals surface area contributed by atoms with Gasteiger partial charge in [-0.1, -0.05) is 53.7 Å². The SMILES string of the molecule is Cc1ccc(CCNc2nccc(/C(C#N)=C3\Nc4ccccc4S3)n2)cc1.O=C(O)C(F)(F)F. The second-order valence-corrected chi connectivity index (χ2v) is 8.32. The summed E-state index contributed by atoms with van der Waals surface area (Å²) in [7, 11) is 0. The normalized spacial score (nSPS) is 13.5. The molecule has 1 aromatic heterocycles. The van der Waals surface area contributed by atoms with Gasteiger partial charge in [-0.15, -0.1) is 0 Å². The molecule has 0 spiro atoms. The Hall–Kier alpha value is -4.04. The molecule has 0 saturated carbocycles. The van der Waals surface area contributed by atoms with Crippen LogP contribution in [-0.4, -0.2) is 33.8 Å². The number of halogens is 3. The highest BCUT2D eigenvalue weighted by atomic mass is 32.2. The van der Waals surface area contributed by atoms with Crippen molar-refractivity contribution in [2.24, 2.45) is 0 Å². The summed E-state index contributed by atoms with van der Waals surface area (Å²) in [4.78, 5) is 18.8. The number of para-hydroxylation sites is 1. The molecule has 11 heteroatoms. The summed E-state index contributed by atoms with van der Waals surface area (Å²) >= 11 is 1.55. The number of thioether (sulfide) groups is 1. The number of hydrogen-bond acceptors (Lipinski definition) is 7. The van der Waals surface area contributed by atoms with Crippen molar-refractivity contribution < 1.29 is 23.1 Å². The van der Waals surface area contributed by atoms with Crippen LogP contribution in [-0.2, 0) is 11.2 Å². The van der Waals surface area contributed by atoms with Gasteiger partial charge in [0.05, 0.1) is 16.4 Å². The summed E-state index contributed by atoms with van der Waals surface area (Å²) < 4.78 is 31.7. The maximum absolute atomic E-state index is 10.6. The first-order chi connectivity index (χ1) is 16.7. The fourth-order valence-corrected chi connectivity index (χ4v) is 3.92. The standard InChI is InChI=1S/C22H19N5S.C2HF3O2/c1-15-6-8-16(9-7-15)10-12-24-22-25-13-11-18(27-22)17(14-23)21-26-19-4-2-3-5-20(19)28-21;3-2(4,5)1(6)7/h2-9,11,13,26H,10,12H2,1H3,(H,24,25,27);(H,6,7)/b21-17+;. The van der Waals surface area contributed by atoms with Gasteiger partial charge in [-0.25, -0.2) is 14.8 Å². The second-order valence-electron chi connectivity index (χ2n) is 7.27. The first-order valence-corrected chi connectivity index (χ1v) is 11.1. The van der Waals surface area contributed by atoms with Gasteiger partial charge in [0.25, 0.3) is 0 Å². The molecular formula is C24H20F3N5O2S. The molecular weight excluding hydrogens is 479 g/mol. The molecule has 35 heavy (non-hydrogen) atoms. The summed E-state index contributed by atoms with van der Waals surface area (Å²) in [6, 6.07) is 20.5. The number of allylic oxidation sites excluding steroid dienone is 1. The molecule has 2 heterocycles. The van der Waals surface area contributed by atoms with Gasteiger partial charge in [-0.2, -0.15) is 18.4 Å². The topological polar surface area (TPSA) is 111 Å². The van der Waals surface area contributed by atoms with Crippen molar-refractivity contribution in [3.05, 3.63) is 82.6 Å². The van der Waals surface area contributed by atoms with E-state index >= 15 is 0 Å². The molecule has 4 rings (SSSR count). The number of nitrogens with zero attached hydrogens (tertiary/aromatic N) is 3. The van der Waals surface area contributed by atoms with Crippen LogP contribution >= 0.6 is 11.8 Å². The average molecular weight is 500 g/mol. The lowest BCUT2D eigenvalue weighted by Gasteiger charge is -2.08. The summed E-state index contributed by atoms with van der Waals surface area (Å²) in [5.41, 5.74) is 4.66. The summed E-state index contributed by atoms with van der Waals surface area (Å²) in [5, 5.41) is 24.2. The Morgan fingerprint density at radius 2 is 1.86 bits per heavy atom. The van der Waals surface area contributed by atoms with Crippen LogP contribution in [0.4, 0.5) is 24.8 Å². The minimum Gasteiger partial charge on any atom is -0.475 e. The number of aryl methyl sites for hydroxylation is 1. The minimum absolute atomic E-state index is 0.519. The van der Waals surface area contributed by atoms with Crippen LogP contribution in [0.25, 0.3) is 5.57 Å². The Balaban J connectivity index is 0.000000429. The molecule has 0 amide bonds. The van der Waals surface area contributed by atoms with Crippen LogP contribution < -0.4 is 10.6 Å². The zero-order valence-electron chi connectivity index (χ0n) is 18.4. The molecule has 0 unspecified atom stereocenters. The van der Waals surface area contributed by atoms with E-state index in [1.165, 1.54) is 11.1 Å². The predicted octanol–water partition coefficient (Wildman–Crippen LogP) is 5.48. The van der Waals surface area contributed by atoms with Crippen molar-refractivity contribution in [3.63, 3.8) is 0 Å². The summed E-state index contributed by atoms with van der Waals surface area (Å²) in [6.45, 7) is 2.81. The van der Waals surface area contributed by atoms with Crippen molar-refractivity contribution >= 4 is 34.9 Å². The van der Waals surface area contributed by atoms with Gasteiger partial charge in [-0.3, -0.25) is 0 Å². The van der Waals surface area contributed by atoms with Gasteiger partial charge in [0.1, 0.15) is 11.6 Å². The van der Waals surface area contributed by atoms with Crippen LogP contribution in [0.3, 0.4) is 0 Å². The average Bonchev–Trinajstić information content (AvgIpc) is 3.25. The number of aromatic nitrogens is 2. The minimum atomic E-state index is -5.08. The third-order valence-electron chi connectivity index (χ3n) is 4.66. The highest BCUT2D eigenvalue weighted by Gasteiger charge is 2.38. The molecule has 0 bridgehead atoms. The van der Waals surface area contributed by atoms with Crippen LogP contribution in [0.5, 0.6) is 0 Å². The number of carboxylic acid groups (broad SMARTS) is 1. The van der Waals surface area contributed by atoms with E-state index in [-0.39, 0.29) is 0 Å². The number of fused-ring (bicyclic) bond motifs is 1. The monoisotopic (exact) mass is 499 g/mol. The number of rotatable bonds is 5. The van der Waals surface area contributed by atoms with Gasteiger partial charge >= 0.3 is 12.1 Å². The number of anilines is 2. The fraction of sp³-hybridized carbons (Fsp3) is 0.167. The molecule has 0 atom stereocenters. The second kappa shape index (κ2) is 11.4. The molecule has 1 aliphatic rings. The van der Waals surface area contributed by atoms with E-state index < -0.39 is 12.1 Å². The lowest BCUT2D eigenvalue weighted by Crippen LogP contribution is -2.21. The van der Waals surface area contributed by atoms with Gasteiger partial charge in [-0.05, 0) is 37.1 Å². The van der Waals surface area contributed by atoms with Crippen molar-refractivity contribution in [1.29, 1.82) is 5.26 Å². The van der Waals surface area contributed by atoms with Crippen LogP contribution in [0, 0.1) is 18.3 Å². The number of aliphatic carboxylic acids is 1. The maximum atomic E-state index is 10.6. The van der Waals surface area contributed by atoms with Crippen molar-refractivity contribution in [3.8, 4) is 6.07 Å². The molecule has 0 saturated heterocycles. The van der Waals surface area contributed by atoms with Crippen molar-refractivity contribution in [2.45, 2.75) is 24.4 Å². The molecule has 3 aromatic rings. The number of benzene rings is 2. The molecule has 0 aliphatic carbocycles. The first kappa shape index (κ1) is 25.6. The third-order valence-corrected chi connectivity index (χ3v) is 5.74. The maximum Gasteiger partial charge on any atom is 0.490 e. The molecule has 0 fully saturated rings. The van der Waals surface area contributed by atoms with Crippen LogP contribution in [0.1, 0.15) is 16.8 Å². The smallest absolute Gasteiger partial charge is 0.475 e. The van der Waals surface area contributed by atoms with Crippen LogP contribution in [0.2, 0.25) is 0 Å². The number of carboxylic acids is 1. The molecule has 0 radical (unpaired) electrons. The van der Waals surface area contributed by atoms with Gasteiger partial charge in [0.15, 0.2) is 0 Å². The van der Waals surface area contributed by atoms with E-state index in [1.54, 1.807) is 24.0 Å². The van der Waals surface area contributed by atoms with Gasteiger partial charge in [0.2, 0.25) is 5.95 Å². The Bertz CT molecular complexity index is 1240. The lowest BCUT2D eigenvalue weighted by atomic mass is 10.1. The number of carbonyl (C=O) groups is 1. The Kier molecular flexibility index (Phi) is 8.33. The van der Waals surface area contributed by atoms with E-state index in [0.29, 0.717) is 17.2 Å². The zero-order chi connectivity index (χ0) is 25.4. The number of nitrogens with one attached hydrogen (secondary N) is 2. The molecule has 3 N–H and O–H groups in total. The van der Waals surface area contributed by atoms with E-state index in [4.69, 9.17) is 9.90 Å². The number of nitriles is 1. The van der Waals surface area contributed by atoms with E-state index in [9.17, 15) is 18.4 Å². The quantitative estimate of drug-likeness (QED) is 0.396. The fourth-order valence-electron chi connectivity index (χ4n) is 2.91. The van der Waals surface area contributed by atoms with Crippen LogP contribution in [0.15, 0.2) is 70.7 Å². The highest BCUT2D eigenvalue weighted by molar-refractivity contribution is 8.04. The zero-order valence-corrected chi connectivity index (χ0v) is 19.2. The van der Waals surface area contributed by atoms with Crippen molar-refractivity contribution in [2.75, 3.05) is 17.2 Å². The predicted molar refractivity (Wildman–Crippen MR) is 128 cm³/mol. The Morgan fingerprint density at radius 3 is 2.49 bits per heavy atom. The number of alkyl halides is 3. The van der Waals surface area contributed by atoms with E-state index in [2.05, 4.69) is 57.9 Å². The summed E-state index contributed by atoms with van der Waals surface area (Å²) in [5.74, 6) is -2.23. The number of hydrogen-bond donors (Lipinski definition) is 3. The van der Waals surface area contributed by atoms with Crippen molar-refractivity contribution in [1.82, 2.24) is 9.97 Å². The lowest BCUT2D eigenvalue weighted by molar-refractivity contribution is -0.192. The Labute approximate surface area is 203 Å². The Morgan fingerprint density at radius 1 is 1.17 bits per heavy atom. The molecule has 7 nitrogen and oxygen atoms in total. The summed E-state index contributed by atoms with van der Waals surface area (Å²) in [6.07, 6.45) is -2.52. The third kappa shape index (κ3) is 7.22. The van der Waals surface area contributed by atoms with E-state index in [1.807, 2.05) is 24.3 Å². The molecule has 1 aliphatic heterocycles. The largest absolute Gasteiger partial charge is 0.490 e. The van der Waals surface area contributed by atoms with E-state index in [0.717, 1.165) is 28.6 Å². The van der Waals surface area contributed by atoms with Gasteiger partial charge < -0.3 is 15.7 Å².